The van der Waals surface area contributed by atoms with E-state index in [0.29, 0.717) is 13.0 Å². The van der Waals surface area contributed by atoms with E-state index >= 15 is 0 Å². The van der Waals surface area contributed by atoms with Crippen molar-refractivity contribution in [3.8, 4) is 0 Å². The smallest absolute Gasteiger partial charge is 0.407 e. The zero-order chi connectivity index (χ0) is 14.7. The van der Waals surface area contributed by atoms with Gasteiger partial charge < -0.3 is 14.8 Å². The molecule has 0 fully saturated rings. The van der Waals surface area contributed by atoms with Crippen molar-refractivity contribution in [3.63, 3.8) is 0 Å². The van der Waals surface area contributed by atoms with Crippen molar-refractivity contribution in [1.82, 2.24) is 5.32 Å². The molecule has 112 valence electrons. The Kier molecular flexibility index (Phi) is 9.27. The fourth-order valence-corrected chi connectivity index (χ4v) is 1.71. The molecule has 0 bridgehead atoms. The number of unbranched alkanes of at least 4 members (excludes halogenated alkanes) is 5. The quantitative estimate of drug-likeness (QED) is 0.648. The Labute approximate surface area is 117 Å². The summed E-state index contributed by atoms with van der Waals surface area (Å²) in [6, 6.07) is 0. The van der Waals surface area contributed by atoms with Crippen LogP contribution in [0, 0.1) is 0 Å². The molecule has 1 N–H and O–H groups in total. The fraction of sp³-hybridized carbons (Fsp3) is 0.867. The third-order valence-corrected chi connectivity index (χ3v) is 2.62. The van der Waals surface area contributed by atoms with Gasteiger partial charge >= 0.3 is 6.09 Å². The number of amides is 1. The van der Waals surface area contributed by atoms with Crippen molar-refractivity contribution in [2.24, 2.45) is 0 Å². The third kappa shape index (κ3) is 14.9. The lowest BCUT2D eigenvalue weighted by Crippen LogP contribution is -2.32. The summed E-state index contributed by atoms with van der Waals surface area (Å²) in [4.78, 5) is 22.1. The summed E-state index contributed by atoms with van der Waals surface area (Å²) in [6.07, 6.45) is 6.91. The minimum atomic E-state index is -0.430. The lowest BCUT2D eigenvalue weighted by atomic mass is 10.1. The lowest BCUT2D eigenvalue weighted by molar-refractivity contribution is -0.117. The minimum absolute atomic E-state index is 0.279. The van der Waals surface area contributed by atoms with Gasteiger partial charge in [0.1, 0.15) is 11.4 Å². The van der Waals surface area contributed by atoms with Gasteiger partial charge in [0.25, 0.3) is 0 Å². The first kappa shape index (κ1) is 17.9. The topological polar surface area (TPSA) is 55.4 Å². The molecular formula is C15H29NO3. The van der Waals surface area contributed by atoms with Crippen LogP contribution in [0.25, 0.3) is 0 Å². The summed E-state index contributed by atoms with van der Waals surface area (Å²) in [7, 11) is 0. The molecular weight excluding hydrogens is 242 g/mol. The van der Waals surface area contributed by atoms with Crippen molar-refractivity contribution >= 4 is 11.9 Å². The first-order chi connectivity index (χ1) is 8.81. The monoisotopic (exact) mass is 271 g/mol. The molecule has 1 amide bonds. The highest BCUT2D eigenvalue weighted by atomic mass is 16.6. The van der Waals surface area contributed by atoms with Gasteiger partial charge in [-0.05, 0) is 40.5 Å². The summed E-state index contributed by atoms with van der Waals surface area (Å²) in [5.41, 5.74) is -0.430. The van der Waals surface area contributed by atoms with E-state index in [-0.39, 0.29) is 11.9 Å². The van der Waals surface area contributed by atoms with Crippen LogP contribution in [0.5, 0.6) is 0 Å². The van der Waals surface area contributed by atoms with Crippen LogP contribution in [0.4, 0.5) is 4.79 Å². The highest BCUT2D eigenvalue weighted by Gasteiger charge is 2.15. The van der Waals surface area contributed by atoms with E-state index in [1.165, 1.54) is 6.42 Å². The number of hydrogen-bond acceptors (Lipinski definition) is 3. The van der Waals surface area contributed by atoms with E-state index in [1.807, 2.05) is 20.8 Å². The van der Waals surface area contributed by atoms with Crippen molar-refractivity contribution in [1.29, 1.82) is 0 Å². The molecule has 0 radical (unpaired) electrons. The highest BCUT2D eigenvalue weighted by Crippen LogP contribution is 2.08. The molecule has 0 aromatic carbocycles. The summed E-state index contributed by atoms with van der Waals surface area (Å²) in [5, 5.41) is 2.75. The number of ketones is 1. The zero-order valence-electron chi connectivity index (χ0n) is 12.9. The number of hydrogen-bond donors (Lipinski definition) is 1. The van der Waals surface area contributed by atoms with Crippen molar-refractivity contribution in [3.05, 3.63) is 0 Å². The number of carbonyl (C=O) groups is 2. The molecule has 0 aliphatic heterocycles. The molecule has 0 aliphatic carbocycles. The molecule has 0 unspecified atom stereocenters. The molecule has 0 atom stereocenters. The first-order valence-corrected chi connectivity index (χ1v) is 7.27. The van der Waals surface area contributed by atoms with E-state index in [1.54, 1.807) is 6.92 Å². The van der Waals surface area contributed by atoms with E-state index in [4.69, 9.17) is 4.74 Å². The number of carbonyl (C=O) groups excluding carboxylic acids is 2. The Bertz CT molecular complexity index is 269. The van der Waals surface area contributed by atoms with Crippen LogP contribution >= 0.6 is 0 Å². The van der Waals surface area contributed by atoms with Crippen LogP contribution in [0.3, 0.4) is 0 Å². The molecule has 4 nitrogen and oxygen atoms in total. The largest absolute Gasteiger partial charge is 0.444 e. The first-order valence-electron chi connectivity index (χ1n) is 7.27. The standard InChI is InChI=1S/C15H29NO3/c1-13(17)11-9-7-5-6-8-10-12-16-14(18)19-15(2,3)4/h5-12H2,1-4H3,(H,16,18). The van der Waals surface area contributed by atoms with Crippen molar-refractivity contribution in [2.75, 3.05) is 6.54 Å². The van der Waals surface area contributed by atoms with Gasteiger partial charge in [-0.25, -0.2) is 4.79 Å². The Hall–Kier alpha value is -1.06. The SMILES string of the molecule is CC(=O)CCCCCCCCNC(=O)OC(C)(C)C. The number of Topliss-reactive ketones (excluding diaryl/α,β-unsaturated/α-hetero) is 1. The van der Waals surface area contributed by atoms with E-state index in [2.05, 4.69) is 5.32 Å². The normalized spacial score (nSPS) is 11.2. The zero-order valence-corrected chi connectivity index (χ0v) is 12.9. The Morgan fingerprint density at radius 2 is 1.47 bits per heavy atom. The van der Waals surface area contributed by atoms with Crippen LogP contribution in [0.15, 0.2) is 0 Å². The van der Waals surface area contributed by atoms with Gasteiger partial charge in [0.05, 0.1) is 0 Å². The fourth-order valence-electron chi connectivity index (χ4n) is 1.71. The Morgan fingerprint density at radius 3 is 2.00 bits per heavy atom. The number of rotatable bonds is 9. The molecule has 0 aliphatic rings. The number of nitrogens with one attached hydrogen (secondary N) is 1. The second-order valence-electron chi connectivity index (χ2n) is 6.00. The second-order valence-corrected chi connectivity index (χ2v) is 6.00. The average molecular weight is 271 g/mol. The molecule has 0 aromatic rings. The maximum absolute atomic E-state index is 11.3. The van der Waals surface area contributed by atoms with Crippen LogP contribution in [0.2, 0.25) is 0 Å². The Morgan fingerprint density at radius 1 is 0.947 bits per heavy atom. The van der Waals surface area contributed by atoms with Gasteiger partial charge in [-0.2, -0.15) is 0 Å². The van der Waals surface area contributed by atoms with Gasteiger partial charge in [-0.15, -0.1) is 0 Å². The summed E-state index contributed by atoms with van der Waals surface area (Å²) >= 11 is 0. The second kappa shape index (κ2) is 9.82. The summed E-state index contributed by atoms with van der Waals surface area (Å²) in [6.45, 7) is 7.87. The van der Waals surface area contributed by atoms with E-state index < -0.39 is 5.60 Å². The van der Waals surface area contributed by atoms with Crippen LogP contribution in [0.1, 0.15) is 72.6 Å². The molecule has 0 spiro atoms. The Balaban J connectivity index is 3.27. The van der Waals surface area contributed by atoms with Gasteiger partial charge in [-0.1, -0.05) is 25.7 Å². The molecule has 4 heteroatoms. The number of ether oxygens (including phenoxy) is 1. The number of alkyl carbamates (subject to hydrolysis) is 1. The van der Waals surface area contributed by atoms with Gasteiger partial charge in [-0.3, -0.25) is 0 Å². The molecule has 0 saturated heterocycles. The van der Waals surface area contributed by atoms with Crippen molar-refractivity contribution < 1.29 is 14.3 Å². The van der Waals surface area contributed by atoms with E-state index in [9.17, 15) is 9.59 Å². The molecule has 0 aromatic heterocycles. The van der Waals surface area contributed by atoms with Gasteiger partial charge in [0, 0.05) is 13.0 Å². The predicted octanol–water partition coefficient (Wildman–Crippen LogP) is 3.83. The minimum Gasteiger partial charge on any atom is -0.444 e. The van der Waals surface area contributed by atoms with E-state index in [0.717, 1.165) is 32.1 Å². The van der Waals surface area contributed by atoms with Crippen molar-refractivity contribution in [2.45, 2.75) is 78.2 Å². The van der Waals surface area contributed by atoms with Crippen LogP contribution in [-0.2, 0) is 9.53 Å². The third-order valence-electron chi connectivity index (χ3n) is 2.62. The summed E-state index contributed by atoms with van der Waals surface area (Å²) in [5.74, 6) is 0.279. The van der Waals surface area contributed by atoms with Crippen LogP contribution in [-0.4, -0.2) is 24.0 Å². The maximum atomic E-state index is 11.3. The maximum Gasteiger partial charge on any atom is 0.407 e. The van der Waals surface area contributed by atoms with Crippen LogP contribution < -0.4 is 5.32 Å². The molecule has 19 heavy (non-hydrogen) atoms. The highest BCUT2D eigenvalue weighted by molar-refractivity contribution is 5.75. The molecule has 0 saturated carbocycles. The predicted molar refractivity (Wildman–Crippen MR) is 77.2 cm³/mol. The lowest BCUT2D eigenvalue weighted by Gasteiger charge is -2.19. The molecule has 0 heterocycles. The summed E-state index contributed by atoms with van der Waals surface area (Å²) < 4.78 is 5.14. The average Bonchev–Trinajstić information content (AvgIpc) is 2.24. The van der Waals surface area contributed by atoms with Gasteiger partial charge in [0.2, 0.25) is 0 Å². The molecule has 0 rings (SSSR count). The van der Waals surface area contributed by atoms with Gasteiger partial charge in [0.15, 0.2) is 0 Å².